The average molecular weight is 196 g/mol. The van der Waals surface area contributed by atoms with E-state index in [1.165, 1.54) is 13.3 Å². The van der Waals surface area contributed by atoms with Crippen molar-refractivity contribution in [2.45, 2.75) is 13.8 Å². The number of rotatable bonds is 1. The molecule has 0 fully saturated rings. The molecule has 0 unspecified atom stereocenters. The van der Waals surface area contributed by atoms with Gasteiger partial charge in [0, 0.05) is 6.92 Å². The highest BCUT2D eigenvalue weighted by atomic mass is 16.7. The summed E-state index contributed by atoms with van der Waals surface area (Å²) in [6.07, 6.45) is 1.20. The third-order valence-electron chi connectivity index (χ3n) is 1.18. The van der Waals surface area contributed by atoms with Crippen LogP contribution in [0.4, 0.5) is 0 Å². The van der Waals surface area contributed by atoms with Crippen molar-refractivity contribution in [3.05, 3.63) is 18.0 Å². The van der Waals surface area contributed by atoms with Crippen molar-refractivity contribution < 1.29 is 14.4 Å². The van der Waals surface area contributed by atoms with Crippen LogP contribution in [0.3, 0.4) is 0 Å². The number of nitrogens with one attached hydrogen (secondary N) is 1. The van der Waals surface area contributed by atoms with Gasteiger partial charge in [-0.2, -0.15) is 5.48 Å². The van der Waals surface area contributed by atoms with E-state index in [0.717, 1.165) is 0 Å². The van der Waals surface area contributed by atoms with Crippen molar-refractivity contribution in [1.29, 1.82) is 0 Å². The fourth-order valence-corrected chi connectivity index (χ4v) is 0.651. The van der Waals surface area contributed by atoms with E-state index >= 15 is 0 Å². The molecule has 7 nitrogen and oxygen atoms in total. The summed E-state index contributed by atoms with van der Waals surface area (Å²) in [5, 5.41) is 0. The number of nitrogens with zero attached hydrogens (tertiary/aromatic N) is 3. The van der Waals surface area contributed by atoms with E-state index in [2.05, 4.69) is 19.8 Å². The summed E-state index contributed by atoms with van der Waals surface area (Å²) in [7, 11) is 0. The van der Waals surface area contributed by atoms with Gasteiger partial charge in [0.15, 0.2) is 0 Å². The molecule has 0 radical (unpaired) electrons. The average Bonchev–Trinajstić information content (AvgIpc) is 2.14. The summed E-state index contributed by atoms with van der Waals surface area (Å²) < 4.78 is 0. The number of hydroxylamine groups is 1. The first kappa shape index (κ1) is 10.0. The first-order valence-electron chi connectivity index (χ1n) is 3.73. The highest BCUT2D eigenvalue weighted by Crippen LogP contribution is 1.89. The maximum atomic E-state index is 11.2. The number of amides is 1. The molecule has 1 N–H and O–H groups in total. The normalized spacial score (nSPS) is 9.29. The number of carbonyl (C=O) groups is 2. The Morgan fingerprint density at radius 1 is 1.43 bits per heavy atom. The fourth-order valence-electron chi connectivity index (χ4n) is 0.651. The summed E-state index contributed by atoms with van der Waals surface area (Å²) in [6.45, 7) is 2.78. The van der Waals surface area contributed by atoms with Gasteiger partial charge in [0.1, 0.15) is 12.2 Å². The molecule has 1 heterocycles. The third-order valence-corrected chi connectivity index (χ3v) is 1.18. The van der Waals surface area contributed by atoms with Gasteiger partial charge >= 0.3 is 11.9 Å². The van der Waals surface area contributed by atoms with Crippen LogP contribution in [0.25, 0.3) is 0 Å². The van der Waals surface area contributed by atoms with Crippen LogP contribution in [0.1, 0.15) is 23.4 Å². The maximum absolute atomic E-state index is 11.2. The standard InChI is InChI=1S/C7H8N4O3/c1-4-8-3-9-6(10-4)7(13)11-14-5(2)12/h3H,1-2H3,(H,11,13). The first-order chi connectivity index (χ1) is 6.59. The lowest BCUT2D eigenvalue weighted by Crippen LogP contribution is -2.27. The van der Waals surface area contributed by atoms with Gasteiger partial charge in [-0.15, -0.1) is 0 Å². The van der Waals surface area contributed by atoms with Gasteiger partial charge in [-0.1, -0.05) is 0 Å². The van der Waals surface area contributed by atoms with E-state index in [1.54, 1.807) is 6.92 Å². The van der Waals surface area contributed by atoms with Gasteiger partial charge in [-0.3, -0.25) is 9.59 Å². The Hall–Kier alpha value is -2.05. The quantitative estimate of drug-likeness (QED) is 0.602. The fraction of sp³-hybridized carbons (Fsp3) is 0.286. The van der Waals surface area contributed by atoms with Gasteiger partial charge in [-0.25, -0.2) is 15.0 Å². The summed E-state index contributed by atoms with van der Waals surface area (Å²) in [4.78, 5) is 36.8. The largest absolute Gasteiger partial charge is 0.341 e. The lowest BCUT2D eigenvalue weighted by Gasteiger charge is -2.01. The van der Waals surface area contributed by atoms with E-state index in [9.17, 15) is 9.59 Å². The molecule has 14 heavy (non-hydrogen) atoms. The Balaban J connectivity index is 2.65. The van der Waals surface area contributed by atoms with Crippen LogP contribution >= 0.6 is 0 Å². The molecule has 74 valence electrons. The smallest absolute Gasteiger partial charge is 0.329 e. The van der Waals surface area contributed by atoms with Gasteiger partial charge < -0.3 is 4.84 Å². The predicted molar refractivity (Wildman–Crippen MR) is 43.8 cm³/mol. The molecular weight excluding hydrogens is 188 g/mol. The summed E-state index contributed by atoms with van der Waals surface area (Å²) in [5.74, 6) is -0.999. The van der Waals surface area contributed by atoms with E-state index in [4.69, 9.17) is 0 Å². The predicted octanol–water partition coefficient (Wildman–Crippen LogP) is -0.612. The molecule has 0 aliphatic heterocycles. The van der Waals surface area contributed by atoms with Crippen molar-refractivity contribution >= 4 is 11.9 Å². The zero-order chi connectivity index (χ0) is 10.6. The van der Waals surface area contributed by atoms with Crippen LogP contribution in [-0.4, -0.2) is 26.8 Å². The molecule has 0 atom stereocenters. The van der Waals surface area contributed by atoms with Gasteiger partial charge in [0.2, 0.25) is 5.82 Å². The molecule has 1 aromatic rings. The molecule has 0 saturated heterocycles. The molecule has 0 saturated carbocycles. The molecule has 0 aliphatic rings. The van der Waals surface area contributed by atoms with Crippen LogP contribution < -0.4 is 5.48 Å². The molecule has 1 rings (SSSR count). The zero-order valence-corrected chi connectivity index (χ0v) is 7.64. The minimum atomic E-state index is -0.689. The molecule has 0 spiro atoms. The van der Waals surface area contributed by atoms with Crippen LogP contribution in [0.2, 0.25) is 0 Å². The Labute approximate surface area is 79.5 Å². The van der Waals surface area contributed by atoms with Gasteiger partial charge in [0.25, 0.3) is 0 Å². The summed E-state index contributed by atoms with van der Waals surface area (Å²) in [5.41, 5.74) is 1.88. The lowest BCUT2D eigenvalue weighted by molar-refractivity contribution is -0.146. The summed E-state index contributed by atoms with van der Waals surface area (Å²) >= 11 is 0. The van der Waals surface area contributed by atoms with Crippen molar-refractivity contribution in [2.24, 2.45) is 0 Å². The Morgan fingerprint density at radius 3 is 2.71 bits per heavy atom. The van der Waals surface area contributed by atoms with E-state index in [-0.39, 0.29) is 5.82 Å². The van der Waals surface area contributed by atoms with Crippen molar-refractivity contribution in [3.63, 3.8) is 0 Å². The number of carbonyl (C=O) groups excluding carboxylic acids is 2. The number of aryl methyl sites for hydroxylation is 1. The van der Waals surface area contributed by atoms with Crippen LogP contribution in [-0.2, 0) is 9.63 Å². The molecular formula is C7H8N4O3. The van der Waals surface area contributed by atoms with Gasteiger partial charge in [-0.05, 0) is 6.92 Å². The van der Waals surface area contributed by atoms with Crippen molar-refractivity contribution in [3.8, 4) is 0 Å². The third kappa shape index (κ3) is 2.77. The minimum Gasteiger partial charge on any atom is -0.341 e. The zero-order valence-electron chi connectivity index (χ0n) is 7.64. The summed E-state index contributed by atoms with van der Waals surface area (Å²) in [6, 6.07) is 0. The van der Waals surface area contributed by atoms with Gasteiger partial charge in [0.05, 0.1) is 0 Å². The second kappa shape index (κ2) is 4.26. The Bertz CT molecular complexity index is 366. The Morgan fingerprint density at radius 2 is 2.14 bits per heavy atom. The number of aromatic nitrogens is 3. The van der Waals surface area contributed by atoms with Crippen LogP contribution in [0.15, 0.2) is 6.33 Å². The molecule has 1 amide bonds. The minimum absolute atomic E-state index is 0.0984. The van der Waals surface area contributed by atoms with Crippen molar-refractivity contribution in [1.82, 2.24) is 20.4 Å². The second-order valence-electron chi connectivity index (χ2n) is 2.38. The lowest BCUT2D eigenvalue weighted by atomic mass is 10.5. The molecule has 0 bridgehead atoms. The second-order valence-corrected chi connectivity index (χ2v) is 2.38. The van der Waals surface area contributed by atoms with Crippen LogP contribution in [0.5, 0.6) is 0 Å². The molecule has 0 aromatic carbocycles. The van der Waals surface area contributed by atoms with E-state index in [0.29, 0.717) is 5.82 Å². The van der Waals surface area contributed by atoms with Crippen LogP contribution in [0, 0.1) is 6.92 Å². The molecule has 1 aromatic heterocycles. The number of hydrogen-bond donors (Lipinski definition) is 1. The molecule has 0 aliphatic carbocycles. The number of hydrogen-bond acceptors (Lipinski definition) is 6. The topological polar surface area (TPSA) is 94.1 Å². The van der Waals surface area contributed by atoms with Crippen molar-refractivity contribution in [2.75, 3.05) is 0 Å². The van der Waals surface area contributed by atoms with E-state index < -0.39 is 11.9 Å². The maximum Gasteiger partial charge on any atom is 0.329 e. The Kier molecular flexibility index (Phi) is 3.05. The SMILES string of the molecule is CC(=O)ONC(=O)c1ncnc(C)n1. The highest BCUT2D eigenvalue weighted by Gasteiger charge is 2.10. The first-order valence-corrected chi connectivity index (χ1v) is 3.73. The van der Waals surface area contributed by atoms with E-state index in [1.807, 2.05) is 5.48 Å². The monoisotopic (exact) mass is 196 g/mol. The highest BCUT2D eigenvalue weighted by molar-refractivity contribution is 5.90. The molecule has 7 heteroatoms.